The summed E-state index contributed by atoms with van der Waals surface area (Å²) in [6.07, 6.45) is -1.49. The van der Waals surface area contributed by atoms with Gasteiger partial charge in [-0.25, -0.2) is 19.4 Å². The summed E-state index contributed by atoms with van der Waals surface area (Å²) in [5, 5.41) is 3.67. The molecule has 1 aliphatic heterocycles. The van der Waals surface area contributed by atoms with Crippen molar-refractivity contribution >= 4 is 22.6 Å². The average Bonchev–Trinajstić information content (AvgIpc) is 2.78. The summed E-state index contributed by atoms with van der Waals surface area (Å²) >= 11 is 0. The zero-order valence-electron chi connectivity index (χ0n) is 18.5. The lowest BCUT2D eigenvalue weighted by Gasteiger charge is -2.21. The Kier molecular flexibility index (Phi) is 6.67. The Balaban J connectivity index is 1.74. The van der Waals surface area contributed by atoms with Crippen molar-refractivity contribution in [2.75, 3.05) is 19.0 Å². The van der Waals surface area contributed by atoms with Crippen LogP contribution in [0.5, 0.6) is 5.75 Å². The SMILES string of the molecule is COc1cc(-c2ccc(F)cc2)cc2c(NC(C)C3=N/C(C(F)(F)F)=C/CCCO3)ncnc12. The molecule has 1 unspecified atom stereocenters. The fraction of sp³-hybridized carbons (Fsp3) is 0.292. The monoisotopic (exact) mass is 474 g/mol. The van der Waals surface area contributed by atoms with E-state index in [4.69, 9.17) is 9.47 Å². The molecule has 178 valence electrons. The molecule has 0 aliphatic carbocycles. The number of hydrogen-bond donors (Lipinski definition) is 1. The van der Waals surface area contributed by atoms with Crippen molar-refractivity contribution in [3.63, 3.8) is 0 Å². The number of aliphatic imine (C=N–C) groups is 1. The second-order valence-electron chi connectivity index (χ2n) is 7.70. The van der Waals surface area contributed by atoms with Crippen LogP contribution in [0.3, 0.4) is 0 Å². The van der Waals surface area contributed by atoms with Crippen molar-refractivity contribution < 1.29 is 27.0 Å². The van der Waals surface area contributed by atoms with Crippen LogP contribution in [0, 0.1) is 5.82 Å². The molecule has 1 atom stereocenters. The Hall–Kier alpha value is -3.69. The number of methoxy groups -OCH3 is 1. The second kappa shape index (κ2) is 9.66. The van der Waals surface area contributed by atoms with Crippen molar-refractivity contribution in [1.29, 1.82) is 0 Å². The van der Waals surface area contributed by atoms with Crippen LogP contribution in [0.1, 0.15) is 19.8 Å². The van der Waals surface area contributed by atoms with Crippen LogP contribution >= 0.6 is 0 Å². The molecule has 1 N–H and O–H groups in total. The van der Waals surface area contributed by atoms with Gasteiger partial charge in [0.2, 0.25) is 5.90 Å². The fourth-order valence-corrected chi connectivity index (χ4v) is 3.58. The van der Waals surface area contributed by atoms with E-state index in [0.717, 1.165) is 17.2 Å². The van der Waals surface area contributed by atoms with Gasteiger partial charge in [0.15, 0.2) is 0 Å². The molecule has 10 heteroatoms. The summed E-state index contributed by atoms with van der Waals surface area (Å²) in [4.78, 5) is 12.3. The zero-order valence-corrected chi connectivity index (χ0v) is 18.5. The minimum Gasteiger partial charge on any atom is -0.494 e. The van der Waals surface area contributed by atoms with Gasteiger partial charge in [0, 0.05) is 5.39 Å². The van der Waals surface area contributed by atoms with Crippen LogP contribution in [0.4, 0.5) is 23.4 Å². The highest BCUT2D eigenvalue weighted by molar-refractivity contribution is 5.98. The highest BCUT2D eigenvalue weighted by atomic mass is 19.4. The topological polar surface area (TPSA) is 68.6 Å². The van der Waals surface area contributed by atoms with Crippen molar-refractivity contribution in [2.45, 2.75) is 32.0 Å². The highest BCUT2D eigenvalue weighted by Gasteiger charge is 2.35. The van der Waals surface area contributed by atoms with Crippen molar-refractivity contribution in [1.82, 2.24) is 9.97 Å². The van der Waals surface area contributed by atoms with Gasteiger partial charge in [-0.3, -0.25) is 0 Å². The predicted octanol–water partition coefficient (Wildman–Crippen LogP) is 5.90. The maximum absolute atomic E-state index is 13.4. The van der Waals surface area contributed by atoms with Crippen LogP contribution in [-0.4, -0.2) is 41.8 Å². The van der Waals surface area contributed by atoms with E-state index in [2.05, 4.69) is 20.3 Å². The largest absolute Gasteiger partial charge is 0.494 e. The third-order valence-electron chi connectivity index (χ3n) is 5.28. The molecule has 2 heterocycles. The number of halogens is 4. The summed E-state index contributed by atoms with van der Waals surface area (Å²) in [5.74, 6) is 0.391. The maximum Gasteiger partial charge on any atom is 0.433 e. The molecule has 0 bridgehead atoms. The lowest BCUT2D eigenvalue weighted by Crippen LogP contribution is -2.31. The molecular weight excluding hydrogens is 452 g/mol. The van der Waals surface area contributed by atoms with E-state index in [0.29, 0.717) is 28.9 Å². The number of aromatic nitrogens is 2. The standard InChI is InChI=1S/C24H22F4N4O2/c1-14(23-32-20(24(26,27)28)5-3-4-10-34-23)31-22-18-11-16(15-6-8-17(25)9-7-15)12-19(33-2)21(18)29-13-30-22/h5-9,11-14H,3-4,10H2,1-2H3,(H,29,30,31)/b20-5+,32-23?. The number of benzene rings is 2. The molecular formula is C24H22F4N4O2. The number of fused-ring (bicyclic) bond motifs is 1. The molecule has 0 spiro atoms. The van der Waals surface area contributed by atoms with Gasteiger partial charge < -0.3 is 14.8 Å². The third-order valence-corrected chi connectivity index (χ3v) is 5.28. The molecule has 4 rings (SSSR count). The number of ether oxygens (including phenoxy) is 2. The molecule has 0 saturated carbocycles. The van der Waals surface area contributed by atoms with E-state index >= 15 is 0 Å². The molecule has 3 aromatic rings. The van der Waals surface area contributed by atoms with Gasteiger partial charge >= 0.3 is 6.18 Å². The van der Waals surface area contributed by atoms with Crippen LogP contribution in [0.25, 0.3) is 22.0 Å². The third kappa shape index (κ3) is 5.11. The molecule has 1 aromatic heterocycles. The van der Waals surface area contributed by atoms with Gasteiger partial charge in [-0.15, -0.1) is 0 Å². The van der Waals surface area contributed by atoms with E-state index in [1.807, 2.05) is 6.07 Å². The van der Waals surface area contributed by atoms with Crippen LogP contribution in [0.2, 0.25) is 0 Å². The van der Waals surface area contributed by atoms with Crippen LogP contribution < -0.4 is 10.1 Å². The number of nitrogens with one attached hydrogen (secondary N) is 1. The molecule has 0 radical (unpaired) electrons. The van der Waals surface area contributed by atoms with Gasteiger partial charge in [0.25, 0.3) is 0 Å². The number of anilines is 1. The molecule has 0 fully saturated rings. The van der Waals surface area contributed by atoms with E-state index in [9.17, 15) is 17.6 Å². The summed E-state index contributed by atoms with van der Waals surface area (Å²) in [6, 6.07) is 8.84. The van der Waals surface area contributed by atoms with Crippen molar-refractivity contribution in [3.05, 3.63) is 60.3 Å². The van der Waals surface area contributed by atoms with E-state index in [1.165, 1.54) is 25.6 Å². The highest BCUT2D eigenvalue weighted by Crippen LogP contribution is 2.34. The summed E-state index contributed by atoms with van der Waals surface area (Å²) < 4.78 is 64.4. The van der Waals surface area contributed by atoms with E-state index < -0.39 is 17.9 Å². The molecule has 0 amide bonds. The molecule has 34 heavy (non-hydrogen) atoms. The van der Waals surface area contributed by atoms with Gasteiger partial charge in [0.05, 0.1) is 13.7 Å². The number of alkyl halides is 3. The maximum atomic E-state index is 13.4. The Labute approximate surface area is 193 Å². The smallest absolute Gasteiger partial charge is 0.433 e. The number of rotatable bonds is 5. The Morgan fingerprint density at radius 1 is 1.09 bits per heavy atom. The summed E-state index contributed by atoms with van der Waals surface area (Å²) in [7, 11) is 1.50. The Morgan fingerprint density at radius 2 is 1.85 bits per heavy atom. The summed E-state index contributed by atoms with van der Waals surface area (Å²) in [5.41, 5.74) is 1.01. The number of nitrogens with zero attached hydrogens (tertiary/aromatic N) is 3. The van der Waals surface area contributed by atoms with Crippen molar-refractivity contribution in [3.8, 4) is 16.9 Å². The van der Waals surface area contributed by atoms with Crippen LogP contribution in [-0.2, 0) is 4.74 Å². The first-order valence-corrected chi connectivity index (χ1v) is 10.6. The van der Waals surface area contributed by atoms with Crippen LogP contribution in [0.15, 0.2) is 59.5 Å². The quantitative estimate of drug-likeness (QED) is 0.467. The second-order valence-corrected chi connectivity index (χ2v) is 7.70. The first-order chi connectivity index (χ1) is 16.3. The molecule has 1 aliphatic rings. The first kappa shape index (κ1) is 23.5. The zero-order chi connectivity index (χ0) is 24.3. The lowest BCUT2D eigenvalue weighted by atomic mass is 10.0. The van der Waals surface area contributed by atoms with Gasteiger partial charge in [-0.05, 0) is 55.2 Å². The predicted molar refractivity (Wildman–Crippen MR) is 121 cm³/mol. The minimum atomic E-state index is -4.58. The number of allylic oxidation sites excluding steroid dienone is 2. The summed E-state index contributed by atoms with van der Waals surface area (Å²) in [6.45, 7) is 1.89. The Morgan fingerprint density at radius 3 is 2.56 bits per heavy atom. The fourth-order valence-electron chi connectivity index (χ4n) is 3.58. The first-order valence-electron chi connectivity index (χ1n) is 10.6. The molecule has 6 nitrogen and oxygen atoms in total. The molecule has 0 saturated heterocycles. The Bertz CT molecular complexity index is 1240. The number of hydrogen-bond acceptors (Lipinski definition) is 6. The van der Waals surface area contributed by atoms with Crippen molar-refractivity contribution in [2.24, 2.45) is 4.99 Å². The van der Waals surface area contributed by atoms with Gasteiger partial charge in [-0.2, -0.15) is 13.2 Å². The van der Waals surface area contributed by atoms with Gasteiger partial charge in [-0.1, -0.05) is 18.2 Å². The normalized spacial score (nSPS) is 17.0. The van der Waals surface area contributed by atoms with E-state index in [1.54, 1.807) is 25.1 Å². The van der Waals surface area contributed by atoms with Gasteiger partial charge in [0.1, 0.15) is 41.0 Å². The molecule has 2 aromatic carbocycles. The van der Waals surface area contributed by atoms with E-state index in [-0.39, 0.29) is 24.7 Å². The minimum absolute atomic E-state index is 0.0864. The lowest BCUT2D eigenvalue weighted by molar-refractivity contribution is -0.0929. The average molecular weight is 474 g/mol.